The first-order valence-electron chi connectivity index (χ1n) is 4.02. The van der Waals surface area contributed by atoms with E-state index in [2.05, 4.69) is 0 Å². The van der Waals surface area contributed by atoms with E-state index in [1.165, 1.54) is 0 Å². The van der Waals surface area contributed by atoms with Gasteiger partial charge in [0.05, 0.1) is 11.9 Å². The van der Waals surface area contributed by atoms with Gasteiger partial charge in [0.1, 0.15) is 0 Å². The predicted octanol–water partition coefficient (Wildman–Crippen LogP) is 0.986. The molecule has 0 heterocycles. The third-order valence-corrected chi connectivity index (χ3v) is 1.62. The van der Waals surface area contributed by atoms with E-state index >= 15 is 0 Å². The molecule has 0 fully saturated rings. The second-order valence-electron chi connectivity index (χ2n) is 2.33. The first kappa shape index (κ1) is 10.9. The molecule has 5 nitrogen and oxygen atoms in total. The molecule has 0 saturated heterocycles. The average Bonchev–Trinajstić information content (AvgIpc) is 2.17. The Balaban J connectivity index is 2.68. The van der Waals surface area contributed by atoms with Gasteiger partial charge in [0.25, 0.3) is 0 Å². The molecule has 0 radical (unpaired) electrons. The van der Waals surface area contributed by atoms with Crippen molar-refractivity contribution in [3.8, 4) is 11.5 Å². The molecule has 0 saturated carbocycles. The van der Waals surface area contributed by atoms with Gasteiger partial charge in [-0.2, -0.15) is 0 Å². The highest BCUT2D eigenvalue weighted by atomic mass is 31.1. The van der Waals surface area contributed by atoms with Crippen molar-refractivity contribution in [3.05, 3.63) is 24.3 Å². The lowest BCUT2D eigenvalue weighted by molar-refractivity contribution is -0.172. The lowest BCUT2D eigenvalue weighted by Gasteiger charge is -2.07. The normalized spacial score (nSPS) is 10.9. The molecule has 1 rings (SSSR count). The van der Waals surface area contributed by atoms with Gasteiger partial charge in [-0.25, -0.2) is 0 Å². The number of rotatable bonds is 5. The molecule has 76 valence electrons. The minimum Gasteiger partial charge on any atom is -0.576 e. The van der Waals surface area contributed by atoms with E-state index < -0.39 is 8.18 Å². The number of hydrogen-bond acceptors (Lipinski definition) is 4. The molecule has 1 unspecified atom stereocenters. The van der Waals surface area contributed by atoms with Gasteiger partial charge in [-0.3, -0.25) is 0 Å². The molecule has 0 spiro atoms. The van der Waals surface area contributed by atoms with Crippen LogP contribution in [0.4, 0.5) is 0 Å². The molecule has 0 aliphatic carbocycles. The Morgan fingerprint density at radius 2 is 2.07 bits per heavy atom. The third-order valence-electron chi connectivity index (χ3n) is 1.38. The molecule has 14 heavy (non-hydrogen) atoms. The van der Waals surface area contributed by atoms with E-state index in [0.29, 0.717) is 18.1 Å². The summed E-state index contributed by atoms with van der Waals surface area (Å²) >= 11 is 0. The molecule has 1 aromatic carbocycles. The molecular weight excluding hydrogens is 205 g/mol. The van der Waals surface area contributed by atoms with Crippen LogP contribution in [0, 0.1) is 0 Å². The van der Waals surface area contributed by atoms with Gasteiger partial charge in [0.15, 0.2) is 11.5 Å². The van der Waals surface area contributed by atoms with Crippen LogP contribution in [0.2, 0.25) is 0 Å². The number of para-hydroxylation sites is 2. The molecule has 0 aromatic heterocycles. The van der Waals surface area contributed by atoms with E-state index in [0.717, 1.165) is 0 Å². The summed E-state index contributed by atoms with van der Waals surface area (Å²) in [5, 5.41) is 1.83. The SMILES string of the molecule is CCOc1ccccc1ON[P+](=O)[O-]. The van der Waals surface area contributed by atoms with Crippen molar-refractivity contribution in [2.45, 2.75) is 6.92 Å². The minimum absolute atomic E-state index is 0.341. The van der Waals surface area contributed by atoms with Crippen molar-refractivity contribution in [1.82, 2.24) is 5.25 Å². The molecule has 0 amide bonds. The maximum absolute atomic E-state index is 10.2. The fourth-order valence-corrected chi connectivity index (χ4v) is 1.07. The quantitative estimate of drug-likeness (QED) is 0.585. The fourth-order valence-electron chi connectivity index (χ4n) is 0.896. The van der Waals surface area contributed by atoms with E-state index in [-0.39, 0.29) is 0 Å². The van der Waals surface area contributed by atoms with Crippen LogP contribution in [-0.4, -0.2) is 6.61 Å². The van der Waals surface area contributed by atoms with Gasteiger partial charge >= 0.3 is 8.18 Å². The van der Waals surface area contributed by atoms with E-state index in [4.69, 9.17) is 9.57 Å². The van der Waals surface area contributed by atoms with Crippen LogP contribution in [-0.2, 0) is 4.57 Å². The second-order valence-corrected chi connectivity index (χ2v) is 3.03. The Kier molecular flexibility index (Phi) is 4.32. The van der Waals surface area contributed by atoms with Crippen molar-refractivity contribution >= 4 is 8.18 Å². The van der Waals surface area contributed by atoms with Crippen LogP contribution in [0.3, 0.4) is 0 Å². The molecule has 0 bridgehead atoms. The first-order valence-corrected chi connectivity index (χ1v) is 5.20. The maximum Gasteiger partial charge on any atom is 0.444 e. The number of hydrogen-bond donors (Lipinski definition) is 1. The highest BCUT2D eigenvalue weighted by molar-refractivity contribution is 7.33. The zero-order chi connectivity index (χ0) is 10.4. The Labute approximate surface area is 82.5 Å². The summed E-state index contributed by atoms with van der Waals surface area (Å²) in [4.78, 5) is 15.0. The summed E-state index contributed by atoms with van der Waals surface area (Å²) in [5.74, 6) is 0.841. The maximum atomic E-state index is 10.2. The standard InChI is InChI=1S/C8H10NO4P/c1-2-12-7-5-3-4-6-8(7)13-9-14(10)11/h3-6H,2H2,1H3,(H,9,10,11). The molecular formula is C8H10NO4P. The topological polar surface area (TPSA) is 70.6 Å². The lowest BCUT2D eigenvalue weighted by atomic mass is 10.3. The largest absolute Gasteiger partial charge is 0.576 e. The summed E-state index contributed by atoms with van der Waals surface area (Å²) in [5.41, 5.74) is 0. The Bertz CT molecular complexity index is 318. The minimum atomic E-state index is -2.77. The molecule has 1 aromatic rings. The molecule has 0 aliphatic heterocycles. The summed E-state index contributed by atoms with van der Waals surface area (Å²) < 4.78 is 15.4. The molecule has 1 N–H and O–H groups in total. The van der Waals surface area contributed by atoms with Crippen molar-refractivity contribution < 1.29 is 19.0 Å². The van der Waals surface area contributed by atoms with Crippen LogP contribution in [0.15, 0.2) is 24.3 Å². The van der Waals surface area contributed by atoms with Crippen LogP contribution in [0.5, 0.6) is 11.5 Å². The van der Waals surface area contributed by atoms with Gasteiger partial charge in [-0.05, 0) is 23.6 Å². The Hall–Kier alpha value is -1.16. The van der Waals surface area contributed by atoms with Crippen LogP contribution < -0.4 is 19.7 Å². The predicted molar refractivity (Wildman–Crippen MR) is 49.0 cm³/mol. The summed E-state index contributed by atoms with van der Waals surface area (Å²) in [7, 11) is -2.77. The number of benzene rings is 1. The third kappa shape index (κ3) is 3.30. The van der Waals surface area contributed by atoms with Gasteiger partial charge < -0.3 is 14.5 Å². The highest BCUT2D eigenvalue weighted by Crippen LogP contribution is 2.26. The van der Waals surface area contributed by atoms with Gasteiger partial charge in [-0.1, -0.05) is 12.1 Å². The van der Waals surface area contributed by atoms with E-state index in [1.807, 2.05) is 12.2 Å². The summed E-state index contributed by atoms with van der Waals surface area (Å²) in [6.45, 7) is 2.32. The van der Waals surface area contributed by atoms with E-state index in [1.54, 1.807) is 24.3 Å². The smallest absolute Gasteiger partial charge is 0.444 e. The van der Waals surface area contributed by atoms with Crippen molar-refractivity contribution in [1.29, 1.82) is 0 Å². The first-order chi connectivity index (χ1) is 6.74. The molecule has 6 heteroatoms. The zero-order valence-corrected chi connectivity index (χ0v) is 8.49. The van der Waals surface area contributed by atoms with Crippen molar-refractivity contribution in [2.75, 3.05) is 6.61 Å². The Morgan fingerprint density at radius 3 is 2.64 bits per heavy atom. The number of ether oxygens (including phenoxy) is 1. The highest BCUT2D eigenvalue weighted by Gasteiger charge is 2.06. The number of nitrogens with one attached hydrogen (secondary N) is 1. The monoisotopic (exact) mass is 215 g/mol. The van der Waals surface area contributed by atoms with Gasteiger partial charge in [0.2, 0.25) is 0 Å². The van der Waals surface area contributed by atoms with Crippen molar-refractivity contribution in [3.63, 3.8) is 0 Å². The molecule has 1 atom stereocenters. The van der Waals surface area contributed by atoms with Crippen molar-refractivity contribution in [2.24, 2.45) is 0 Å². The van der Waals surface area contributed by atoms with Crippen LogP contribution in [0.1, 0.15) is 6.92 Å². The lowest BCUT2D eigenvalue weighted by Crippen LogP contribution is -2.14. The van der Waals surface area contributed by atoms with Gasteiger partial charge in [0, 0.05) is 0 Å². The summed E-state index contributed by atoms with van der Waals surface area (Å²) in [6.07, 6.45) is 0. The van der Waals surface area contributed by atoms with E-state index in [9.17, 15) is 9.46 Å². The second kappa shape index (κ2) is 5.54. The average molecular weight is 215 g/mol. The molecule has 0 aliphatic rings. The Morgan fingerprint density at radius 1 is 1.43 bits per heavy atom. The van der Waals surface area contributed by atoms with Crippen LogP contribution >= 0.6 is 8.18 Å². The zero-order valence-electron chi connectivity index (χ0n) is 7.60. The van der Waals surface area contributed by atoms with Crippen LogP contribution in [0.25, 0.3) is 0 Å². The fraction of sp³-hybridized carbons (Fsp3) is 0.250. The van der Waals surface area contributed by atoms with Gasteiger partial charge in [-0.15, -0.1) is 0 Å². The summed E-state index contributed by atoms with van der Waals surface area (Å²) in [6, 6.07) is 6.79.